The lowest BCUT2D eigenvalue weighted by Gasteiger charge is -2.08. The van der Waals surface area contributed by atoms with Crippen molar-refractivity contribution in [3.8, 4) is 5.75 Å². The molecule has 0 bridgehead atoms. The van der Waals surface area contributed by atoms with E-state index in [9.17, 15) is 0 Å². The van der Waals surface area contributed by atoms with Crippen LogP contribution in [0.3, 0.4) is 0 Å². The smallest absolute Gasteiger partial charge is 0.168 e. The van der Waals surface area contributed by atoms with Crippen molar-refractivity contribution in [2.24, 2.45) is 5.73 Å². The van der Waals surface area contributed by atoms with Gasteiger partial charge in [0, 0.05) is 5.69 Å². The molecule has 0 spiro atoms. The Morgan fingerprint density at radius 3 is 2.58 bits per heavy atom. The topological polar surface area (TPSA) is 47.3 Å². The standard InChI is InChI=1S/C15H16N2OS/c1-11-3-2-4-12(9-11)10-18-14-7-5-13(6-8-14)17-15(16)19/h2-9H,10H2,1H3,(H3,16,17,19). The van der Waals surface area contributed by atoms with Gasteiger partial charge < -0.3 is 15.8 Å². The van der Waals surface area contributed by atoms with Crippen LogP contribution in [0.1, 0.15) is 11.1 Å². The van der Waals surface area contributed by atoms with Gasteiger partial charge in [0.15, 0.2) is 5.11 Å². The number of hydrogen-bond acceptors (Lipinski definition) is 2. The number of thiocarbonyl (C=S) groups is 1. The normalized spacial score (nSPS) is 9.95. The lowest BCUT2D eigenvalue weighted by atomic mass is 10.1. The number of rotatable bonds is 4. The lowest BCUT2D eigenvalue weighted by molar-refractivity contribution is 0.306. The van der Waals surface area contributed by atoms with Gasteiger partial charge in [0.2, 0.25) is 0 Å². The summed E-state index contributed by atoms with van der Waals surface area (Å²) < 4.78 is 5.72. The van der Waals surface area contributed by atoms with E-state index in [1.165, 1.54) is 5.56 Å². The first-order valence-corrected chi connectivity index (χ1v) is 6.39. The lowest BCUT2D eigenvalue weighted by Crippen LogP contribution is -2.18. The van der Waals surface area contributed by atoms with Crippen LogP contribution in [0.25, 0.3) is 0 Å². The molecule has 0 heterocycles. The van der Waals surface area contributed by atoms with E-state index in [1.807, 2.05) is 30.3 Å². The zero-order chi connectivity index (χ0) is 13.7. The molecular formula is C15H16N2OS. The molecule has 2 rings (SSSR count). The monoisotopic (exact) mass is 272 g/mol. The second-order valence-corrected chi connectivity index (χ2v) is 4.73. The summed E-state index contributed by atoms with van der Waals surface area (Å²) in [5.74, 6) is 0.815. The number of hydrogen-bond donors (Lipinski definition) is 2. The van der Waals surface area contributed by atoms with E-state index in [0.717, 1.165) is 17.0 Å². The van der Waals surface area contributed by atoms with Crippen LogP contribution >= 0.6 is 12.2 Å². The molecule has 0 aliphatic carbocycles. The Morgan fingerprint density at radius 2 is 1.95 bits per heavy atom. The Labute approximate surface area is 118 Å². The average Bonchev–Trinajstić information content (AvgIpc) is 2.37. The number of nitrogens with two attached hydrogens (primary N) is 1. The predicted octanol–water partition coefficient (Wildman–Crippen LogP) is 3.23. The summed E-state index contributed by atoms with van der Waals surface area (Å²) >= 11 is 4.77. The fourth-order valence-electron chi connectivity index (χ4n) is 1.75. The molecule has 19 heavy (non-hydrogen) atoms. The van der Waals surface area contributed by atoms with Crippen molar-refractivity contribution in [3.63, 3.8) is 0 Å². The Morgan fingerprint density at radius 1 is 1.21 bits per heavy atom. The van der Waals surface area contributed by atoms with Crippen LogP contribution in [0.5, 0.6) is 5.75 Å². The van der Waals surface area contributed by atoms with Crippen LogP contribution in [-0.2, 0) is 6.61 Å². The summed E-state index contributed by atoms with van der Waals surface area (Å²) in [6.07, 6.45) is 0. The zero-order valence-electron chi connectivity index (χ0n) is 10.7. The van der Waals surface area contributed by atoms with Gasteiger partial charge in [-0.15, -0.1) is 0 Å². The zero-order valence-corrected chi connectivity index (χ0v) is 11.5. The van der Waals surface area contributed by atoms with Crippen molar-refractivity contribution in [3.05, 3.63) is 59.7 Å². The van der Waals surface area contributed by atoms with Gasteiger partial charge in [-0.25, -0.2) is 0 Å². The summed E-state index contributed by atoms with van der Waals surface area (Å²) in [4.78, 5) is 0. The predicted molar refractivity (Wildman–Crippen MR) is 82.4 cm³/mol. The first kappa shape index (κ1) is 13.4. The molecule has 0 saturated carbocycles. The van der Waals surface area contributed by atoms with E-state index in [1.54, 1.807) is 0 Å². The number of aryl methyl sites for hydroxylation is 1. The van der Waals surface area contributed by atoms with Gasteiger partial charge in [0.05, 0.1) is 0 Å². The second kappa shape index (κ2) is 6.20. The van der Waals surface area contributed by atoms with E-state index in [4.69, 9.17) is 22.7 Å². The van der Waals surface area contributed by atoms with Gasteiger partial charge in [-0.2, -0.15) is 0 Å². The fraction of sp³-hybridized carbons (Fsp3) is 0.133. The van der Waals surface area contributed by atoms with E-state index in [2.05, 4.69) is 30.4 Å². The first-order valence-electron chi connectivity index (χ1n) is 5.98. The minimum atomic E-state index is 0.258. The van der Waals surface area contributed by atoms with Crippen LogP contribution < -0.4 is 15.8 Å². The van der Waals surface area contributed by atoms with Crippen molar-refractivity contribution in [2.75, 3.05) is 5.32 Å². The van der Waals surface area contributed by atoms with Gasteiger partial charge in [-0.3, -0.25) is 0 Å². The van der Waals surface area contributed by atoms with Crippen molar-refractivity contribution in [1.29, 1.82) is 0 Å². The highest BCUT2D eigenvalue weighted by Crippen LogP contribution is 2.17. The molecule has 0 atom stereocenters. The Hall–Kier alpha value is -2.07. The number of anilines is 1. The molecule has 0 fully saturated rings. The van der Waals surface area contributed by atoms with E-state index >= 15 is 0 Å². The Balaban J connectivity index is 1.94. The van der Waals surface area contributed by atoms with Gasteiger partial charge >= 0.3 is 0 Å². The SMILES string of the molecule is Cc1cccc(COc2ccc(NC(N)=S)cc2)c1. The maximum atomic E-state index is 5.72. The highest BCUT2D eigenvalue weighted by molar-refractivity contribution is 7.80. The van der Waals surface area contributed by atoms with E-state index in [0.29, 0.717) is 6.61 Å². The summed E-state index contributed by atoms with van der Waals surface area (Å²) in [6, 6.07) is 15.8. The Bertz CT molecular complexity index is 567. The Kier molecular flexibility index (Phi) is 4.36. The van der Waals surface area contributed by atoms with Gasteiger partial charge in [-0.1, -0.05) is 29.8 Å². The summed E-state index contributed by atoms with van der Waals surface area (Å²) in [5.41, 5.74) is 8.65. The quantitative estimate of drug-likeness (QED) is 0.839. The first-order chi connectivity index (χ1) is 9.13. The number of ether oxygens (including phenoxy) is 1. The van der Waals surface area contributed by atoms with Crippen molar-refractivity contribution >= 4 is 23.0 Å². The van der Waals surface area contributed by atoms with E-state index in [-0.39, 0.29) is 5.11 Å². The van der Waals surface area contributed by atoms with E-state index < -0.39 is 0 Å². The van der Waals surface area contributed by atoms with Crippen LogP contribution in [-0.4, -0.2) is 5.11 Å². The molecule has 2 aromatic carbocycles. The van der Waals surface area contributed by atoms with Gasteiger partial charge in [-0.05, 0) is 49.0 Å². The van der Waals surface area contributed by atoms with Gasteiger partial charge in [0.1, 0.15) is 12.4 Å². The summed E-state index contributed by atoms with van der Waals surface area (Å²) in [6.45, 7) is 2.63. The third-order valence-corrected chi connectivity index (χ3v) is 2.71. The summed E-state index contributed by atoms with van der Waals surface area (Å²) in [5, 5.41) is 3.12. The highest BCUT2D eigenvalue weighted by atomic mass is 32.1. The van der Waals surface area contributed by atoms with Crippen molar-refractivity contribution < 1.29 is 4.74 Å². The number of nitrogens with one attached hydrogen (secondary N) is 1. The van der Waals surface area contributed by atoms with Crippen LogP contribution in [0.15, 0.2) is 48.5 Å². The molecule has 0 aliphatic rings. The average molecular weight is 272 g/mol. The molecule has 0 amide bonds. The molecule has 0 aromatic heterocycles. The minimum absolute atomic E-state index is 0.258. The molecular weight excluding hydrogens is 256 g/mol. The van der Waals surface area contributed by atoms with Crippen LogP contribution in [0.2, 0.25) is 0 Å². The molecule has 0 unspecified atom stereocenters. The molecule has 3 N–H and O–H groups in total. The molecule has 0 radical (unpaired) electrons. The molecule has 2 aromatic rings. The molecule has 98 valence electrons. The van der Waals surface area contributed by atoms with Crippen molar-refractivity contribution in [2.45, 2.75) is 13.5 Å². The van der Waals surface area contributed by atoms with Crippen molar-refractivity contribution in [1.82, 2.24) is 0 Å². The molecule has 4 heteroatoms. The van der Waals surface area contributed by atoms with Crippen LogP contribution in [0.4, 0.5) is 5.69 Å². The molecule has 3 nitrogen and oxygen atoms in total. The third-order valence-electron chi connectivity index (χ3n) is 2.61. The summed E-state index contributed by atoms with van der Waals surface area (Å²) in [7, 11) is 0. The number of benzene rings is 2. The maximum Gasteiger partial charge on any atom is 0.168 e. The maximum absolute atomic E-state index is 5.72. The minimum Gasteiger partial charge on any atom is -0.489 e. The molecule has 0 saturated heterocycles. The third kappa shape index (κ3) is 4.26. The second-order valence-electron chi connectivity index (χ2n) is 4.29. The highest BCUT2D eigenvalue weighted by Gasteiger charge is 1.98. The molecule has 0 aliphatic heterocycles. The van der Waals surface area contributed by atoms with Gasteiger partial charge in [0.25, 0.3) is 0 Å². The fourth-order valence-corrected chi connectivity index (χ4v) is 1.86. The van der Waals surface area contributed by atoms with Crippen LogP contribution in [0, 0.1) is 6.92 Å². The largest absolute Gasteiger partial charge is 0.489 e.